The number of ether oxygens (including phenoxy) is 3. The van der Waals surface area contributed by atoms with Crippen molar-refractivity contribution in [2.24, 2.45) is 0 Å². The van der Waals surface area contributed by atoms with Gasteiger partial charge < -0.3 is 55.8 Å². The predicted octanol–water partition coefficient (Wildman–Crippen LogP) is -2.90. The molecule has 0 radical (unpaired) electrons. The van der Waals surface area contributed by atoms with Crippen molar-refractivity contribution in [3.05, 3.63) is 24.3 Å². The lowest BCUT2D eigenvalue weighted by Gasteiger charge is -2.45. The molecule has 16 heteroatoms. The molecule has 0 saturated carbocycles. The van der Waals surface area contributed by atoms with Gasteiger partial charge in [0.25, 0.3) is 0 Å². The summed E-state index contributed by atoms with van der Waals surface area (Å²) in [7, 11) is 0. The van der Waals surface area contributed by atoms with Gasteiger partial charge in [-0.15, -0.1) is 22.0 Å². The molecule has 2 aliphatic rings. The van der Waals surface area contributed by atoms with Crippen LogP contribution >= 0.6 is 23.5 Å². The van der Waals surface area contributed by atoms with Crippen LogP contribution in [0.1, 0.15) is 0 Å². The van der Waals surface area contributed by atoms with Crippen molar-refractivity contribution in [1.82, 2.24) is 14.9 Å². The van der Waals surface area contributed by atoms with E-state index >= 15 is 0 Å². The van der Waals surface area contributed by atoms with Gasteiger partial charge in [-0.05, 0) is 30.2 Å². The molecule has 2 aliphatic heterocycles. The summed E-state index contributed by atoms with van der Waals surface area (Å²) in [6.07, 6.45) is -11.8. The van der Waals surface area contributed by atoms with E-state index in [0.717, 1.165) is 22.2 Å². The Kier molecular flexibility index (Phi) is 9.31. The molecule has 0 unspecified atom stereocenters. The van der Waals surface area contributed by atoms with Gasteiger partial charge in [-0.2, -0.15) is 0 Å². The molecule has 14 nitrogen and oxygen atoms in total. The summed E-state index contributed by atoms with van der Waals surface area (Å²) in [6, 6.07) is 7.47. The van der Waals surface area contributed by atoms with E-state index in [-0.39, 0.29) is 5.16 Å². The number of nitrogens with two attached hydrogens (primary N) is 1. The molecule has 1 aromatic heterocycles. The number of hydrogen-bond acceptors (Lipinski definition) is 15. The molecule has 37 heavy (non-hydrogen) atoms. The van der Waals surface area contributed by atoms with Crippen molar-refractivity contribution in [2.45, 2.75) is 70.6 Å². The van der Waals surface area contributed by atoms with Crippen molar-refractivity contribution in [3.63, 3.8) is 0 Å². The second-order valence-corrected chi connectivity index (χ2v) is 10.4. The van der Waals surface area contributed by atoms with Crippen LogP contribution in [-0.4, -0.2) is 131 Å². The summed E-state index contributed by atoms with van der Waals surface area (Å²) in [5.74, 6) is 6.59. The molecule has 0 aliphatic carbocycles. The van der Waals surface area contributed by atoms with Gasteiger partial charge >= 0.3 is 0 Å². The van der Waals surface area contributed by atoms with Crippen molar-refractivity contribution >= 4 is 23.5 Å². The molecule has 1 aromatic carbocycles. The van der Waals surface area contributed by atoms with Crippen LogP contribution in [0.3, 0.4) is 0 Å². The highest BCUT2D eigenvalue weighted by molar-refractivity contribution is 7.99. The molecule has 3 heterocycles. The molecule has 0 bridgehead atoms. The maximum absolute atomic E-state index is 10.8. The number of aliphatic hydroxyl groups is 7. The van der Waals surface area contributed by atoms with Gasteiger partial charge in [-0.1, -0.05) is 12.1 Å². The second kappa shape index (κ2) is 12.1. The van der Waals surface area contributed by atoms with Crippen LogP contribution in [0.4, 0.5) is 0 Å². The topological polar surface area (TPSA) is 226 Å². The Morgan fingerprint density at radius 2 is 1.62 bits per heavy atom. The molecular weight excluding hydrogens is 532 g/mol. The van der Waals surface area contributed by atoms with Crippen molar-refractivity contribution < 1.29 is 50.0 Å². The maximum Gasteiger partial charge on any atom is 0.212 e. The molecule has 0 amide bonds. The Balaban J connectivity index is 1.49. The Hall–Kier alpha value is -1.54. The zero-order chi connectivity index (χ0) is 26.9. The van der Waals surface area contributed by atoms with Gasteiger partial charge in [0.15, 0.2) is 12.1 Å². The predicted molar refractivity (Wildman–Crippen MR) is 130 cm³/mol. The SMILES string of the molecule is CSc1ccccc1-c1nnc(S[C@@H]2O[C@H](CO)[C@@H](O[C@@H]3O[C@H](CO)[C@H](O)[C@H](O)[C@H]3O)[C@H](O)[C@H]2O)n1N. The van der Waals surface area contributed by atoms with Gasteiger partial charge in [0, 0.05) is 10.5 Å². The number of rotatable bonds is 8. The highest BCUT2D eigenvalue weighted by atomic mass is 32.2. The third kappa shape index (κ3) is 5.61. The van der Waals surface area contributed by atoms with Crippen LogP contribution in [0.25, 0.3) is 11.4 Å². The third-order valence-electron chi connectivity index (χ3n) is 6.19. The zero-order valence-corrected chi connectivity index (χ0v) is 21.2. The molecule has 0 spiro atoms. The second-order valence-electron chi connectivity index (χ2n) is 8.50. The van der Waals surface area contributed by atoms with Crippen LogP contribution in [0.2, 0.25) is 0 Å². The monoisotopic (exact) mass is 562 g/mol. The Bertz CT molecular complexity index is 1050. The molecule has 10 atom stereocenters. The molecule has 9 N–H and O–H groups in total. The summed E-state index contributed by atoms with van der Waals surface area (Å²) in [6.45, 7) is -1.33. The number of benzene rings is 1. The molecular formula is C21H30N4O10S2. The van der Waals surface area contributed by atoms with E-state index in [1.54, 1.807) is 0 Å². The van der Waals surface area contributed by atoms with Gasteiger partial charge in [0.05, 0.1) is 13.2 Å². The molecule has 2 saturated heterocycles. The summed E-state index contributed by atoms with van der Waals surface area (Å²) in [5, 5.41) is 79.4. The van der Waals surface area contributed by atoms with E-state index in [1.165, 1.54) is 16.4 Å². The highest BCUT2D eigenvalue weighted by Crippen LogP contribution is 2.36. The summed E-state index contributed by atoms with van der Waals surface area (Å²) in [5.41, 5.74) is -0.389. The van der Waals surface area contributed by atoms with Crippen LogP contribution in [0.15, 0.2) is 34.3 Å². The van der Waals surface area contributed by atoms with E-state index in [1.807, 2.05) is 30.5 Å². The molecule has 206 valence electrons. The molecule has 4 rings (SSSR count). The van der Waals surface area contributed by atoms with Gasteiger partial charge in [-0.25, -0.2) is 4.68 Å². The number of nitrogens with zero attached hydrogens (tertiary/aromatic N) is 3. The van der Waals surface area contributed by atoms with E-state index in [9.17, 15) is 35.7 Å². The standard InChI is InChI=1S/C21H30N4O10S2/c1-36-11-5-3-2-4-8(11)18-23-24-21(25(18)22)37-20-16(32)14(30)17(10(7-27)34-20)35-19-15(31)13(29)12(28)9(6-26)33-19/h2-5,9-10,12-17,19-20,26-32H,6-7,22H2,1H3/t9-,10-,12+,13+,14-,15-,16-,17-,19+,20+/m1/s1. The fourth-order valence-electron chi connectivity index (χ4n) is 4.13. The van der Waals surface area contributed by atoms with Crippen LogP contribution in [-0.2, 0) is 14.2 Å². The van der Waals surface area contributed by atoms with Crippen LogP contribution in [0, 0.1) is 0 Å². The van der Waals surface area contributed by atoms with E-state index in [4.69, 9.17) is 20.1 Å². The molecule has 2 aromatic rings. The third-order valence-corrected chi connectivity index (χ3v) is 8.10. The first-order chi connectivity index (χ1) is 17.7. The van der Waals surface area contributed by atoms with E-state index < -0.39 is 73.8 Å². The number of aliphatic hydroxyl groups excluding tert-OH is 7. The first kappa shape index (κ1) is 28.5. The quantitative estimate of drug-likeness (QED) is 0.119. The lowest BCUT2D eigenvalue weighted by atomic mass is 9.97. The minimum absolute atomic E-state index is 0.173. The van der Waals surface area contributed by atoms with Gasteiger partial charge in [0.1, 0.15) is 54.3 Å². The van der Waals surface area contributed by atoms with Crippen LogP contribution < -0.4 is 5.84 Å². The first-order valence-corrected chi connectivity index (χ1v) is 13.4. The number of nitrogen functional groups attached to an aromatic ring is 1. The average molecular weight is 563 g/mol. The lowest BCUT2D eigenvalue weighted by Crippen LogP contribution is -2.64. The summed E-state index contributed by atoms with van der Waals surface area (Å²) in [4.78, 5) is 0.927. The van der Waals surface area contributed by atoms with Crippen molar-refractivity contribution in [3.8, 4) is 11.4 Å². The zero-order valence-electron chi connectivity index (χ0n) is 19.6. The summed E-state index contributed by atoms with van der Waals surface area (Å²) >= 11 is 2.39. The van der Waals surface area contributed by atoms with E-state index in [0.29, 0.717) is 5.82 Å². The minimum Gasteiger partial charge on any atom is -0.394 e. The fourth-order valence-corrected chi connectivity index (χ4v) is 5.72. The van der Waals surface area contributed by atoms with Crippen molar-refractivity contribution in [1.29, 1.82) is 0 Å². The van der Waals surface area contributed by atoms with Crippen LogP contribution in [0.5, 0.6) is 0 Å². The largest absolute Gasteiger partial charge is 0.394 e. The number of thioether (sulfide) groups is 2. The highest BCUT2D eigenvalue weighted by Gasteiger charge is 2.50. The smallest absolute Gasteiger partial charge is 0.212 e. The maximum atomic E-state index is 10.8. The Labute approximate surface area is 220 Å². The fraction of sp³-hybridized carbons (Fsp3) is 0.619. The van der Waals surface area contributed by atoms with Crippen molar-refractivity contribution in [2.75, 3.05) is 25.3 Å². The average Bonchev–Trinajstić information content (AvgIpc) is 3.27. The first-order valence-electron chi connectivity index (χ1n) is 11.3. The Morgan fingerprint density at radius 1 is 0.919 bits per heavy atom. The van der Waals surface area contributed by atoms with Gasteiger partial charge in [-0.3, -0.25) is 0 Å². The lowest BCUT2D eigenvalue weighted by molar-refractivity contribution is -0.338. The Morgan fingerprint density at radius 3 is 2.30 bits per heavy atom. The molecule has 2 fully saturated rings. The van der Waals surface area contributed by atoms with E-state index in [2.05, 4.69) is 10.2 Å². The minimum atomic E-state index is -1.74. The number of hydrogen-bond donors (Lipinski definition) is 8. The van der Waals surface area contributed by atoms with Gasteiger partial charge in [0.2, 0.25) is 5.16 Å². The summed E-state index contributed by atoms with van der Waals surface area (Å²) < 4.78 is 17.9. The normalized spacial score (nSPS) is 36.5. The number of aromatic nitrogens is 3.